The lowest BCUT2D eigenvalue weighted by atomic mass is 9.81. The number of aliphatic hydroxyl groups excluding tert-OH is 1. The van der Waals surface area contributed by atoms with E-state index in [0.29, 0.717) is 65.3 Å². The molecule has 53 heavy (non-hydrogen) atoms. The van der Waals surface area contributed by atoms with Crippen LogP contribution in [0, 0.1) is 42.9 Å². The minimum Gasteiger partial charge on any atom is -0.393 e. The summed E-state index contributed by atoms with van der Waals surface area (Å²) in [6, 6.07) is 0. The Hall–Kier alpha value is -3.72. The zero-order valence-corrected chi connectivity index (χ0v) is 31.1. The quantitative estimate of drug-likeness (QED) is 0.0463. The van der Waals surface area contributed by atoms with Crippen LogP contribution < -0.4 is 21.3 Å². The van der Waals surface area contributed by atoms with Gasteiger partial charge < -0.3 is 54.8 Å². The van der Waals surface area contributed by atoms with Crippen LogP contribution in [-0.2, 0) is 47.6 Å². The molecule has 0 spiro atoms. The Kier molecular flexibility index (Phi) is 28.4. The SMILES string of the molecule is C#CCOCCOCCNC(=O)CCC(CCC(=O)NCCOCCOCC#C)(CCC(=O)NCCOCCOCC#C)NC(=O)[C@H]1CC[C@@H](O)CC1. The lowest BCUT2D eigenvalue weighted by Crippen LogP contribution is -2.52. The Balaban J connectivity index is 2.90. The van der Waals surface area contributed by atoms with Crippen molar-refractivity contribution >= 4 is 23.6 Å². The number of ether oxygens (including phenoxy) is 6. The first kappa shape index (κ1) is 47.3. The number of hydrogen-bond donors (Lipinski definition) is 5. The maximum Gasteiger partial charge on any atom is 0.223 e. The van der Waals surface area contributed by atoms with Gasteiger partial charge in [0, 0.05) is 50.4 Å². The first-order valence-electron chi connectivity index (χ1n) is 18.3. The van der Waals surface area contributed by atoms with E-state index in [4.69, 9.17) is 47.7 Å². The van der Waals surface area contributed by atoms with E-state index in [0.717, 1.165) is 0 Å². The molecule has 0 heterocycles. The summed E-state index contributed by atoms with van der Waals surface area (Å²) in [6.07, 6.45) is 17.7. The zero-order chi connectivity index (χ0) is 38.8. The van der Waals surface area contributed by atoms with Gasteiger partial charge in [-0.15, -0.1) is 19.3 Å². The van der Waals surface area contributed by atoms with Crippen LogP contribution in [-0.4, -0.2) is 139 Å². The van der Waals surface area contributed by atoms with Gasteiger partial charge in [-0.3, -0.25) is 19.2 Å². The Labute approximate surface area is 315 Å². The Morgan fingerprint density at radius 3 is 1.23 bits per heavy atom. The maximum atomic E-state index is 13.7. The highest BCUT2D eigenvalue weighted by atomic mass is 16.5. The van der Waals surface area contributed by atoms with Crippen molar-refractivity contribution in [1.29, 1.82) is 0 Å². The molecular weight excluding hydrogens is 688 g/mol. The van der Waals surface area contributed by atoms with Crippen LogP contribution in [0.1, 0.15) is 64.2 Å². The van der Waals surface area contributed by atoms with Crippen LogP contribution >= 0.6 is 0 Å². The summed E-state index contributed by atoms with van der Waals surface area (Å²) in [5, 5.41) is 21.6. The van der Waals surface area contributed by atoms with Gasteiger partial charge in [0.2, 0.25) is 23.6 Å². The fourth-order valence-electron chi connectivity index (χ4n) is 5.43. The molecule has 1 fully saturated rings. The monoisotopic (exact) mass is 748 g/mol. The van der Waals surface area contributed by atoms with Gasteiger partial charge in [-0.2, -0.15) is 0 Å². The molecule has 15 nitrogen and oxygen atoms in total. The summed E-state index contributed by atoms with van der Waals surface area (Å²) in [6.45, 7) is 4.18. The van der Waals surface area contributed by atoms with Gasteiger partial charge in [-0.1, -0.05) is 17.8 Å². The first-order chi connectivity index (χ1) is 25.7. The smallest absolute Gasteiger partial charge is 0.223 e. The van der Waals surface area contributed by atoms with Crippen molar-refractivity contribution in [3.8, 4) is 37.0 Å². The molecule has 0 radical (unpaired) electrons. The Morgan fingerprint density at radius 1 is 0.547 bits per heavy atom. The molecule has 0 unspecified atom stereocenters. The van der Waals surface area contributed by atoms with E-state index in [9.17, 15) is 24.3 Å². The minimum atomic E-state index is -1.06. The van der Waals surface area contributed by atoms with Crippen LogP contribution in [0.25, 0.3) is 0 Å². The van der Waals surface area contributed by atoms with Crippen molar-refractivity contribution in [2.24, 2.45) is 5.92 Å². The Bertz CT molecular complexity index is 1040. The molecular formula is C38H60N4O11. The second-order valence-corrected chi connectivity index (χ2v) is 12.4. The molecule has 0 saturated heterocycles. The number of amides is 4. The molecule has 15 heteroatoms. The van der Waals surface area contributed by atoms with E-state index in [1.54, 1.807) is 0 Å². The number of terminal acetylenes is 3. The van der Waals surface area contributed by atoms with Crippen LogP contribution in [0.3, 0.4) is 0 Å². The van der Waals surface area contributed by atoms with E-state index < -0.39 is 11.6 Å². The lowest BCUT2D eigenvalue weighted by Gasteiger charge is -2.37. The largest absolute Gasteiger partial charge is 0.393 e. The van der Waals surface area contributed by atoms with Crippen LogP contribution in [0.15, 0.2) is 0 Å². The molecule has 4 amide bonds. The van der Waals surface area contributed by atoms with Crippen LogP contribution in [0.2, 0.25) is 0 Å². The summed E-state index contributed by atoms with van der Waals surface area (Å²) in [5.41, 5.74) is -1.06. The third-order valence-electron chi connectivity index (χ3n) is 8.33. The number of rotatable bonds is 32. The molecule has 1 aliphatic rings. The number of carbonyl (C=O) groups is 4. The predicted molar refractivity (Wildman–Crippen MR) is 197 cm³/mol. The minimum absolute atomic E-state index is 0.0311. The van der Waals surface area contributed by atoms with Crippen molar-refractivity contribution in [2.45, 2.75) is 75.9 Å². The van der Waals surface area contributed by atoms with Crippen molar-refractivity contribution in [3.63, 3.8) is 0 Å². The molecule has 0 aliphatic heterocycles. The molecule has 0 aromatic rings. The molecule has 0 atom stereocenters. The van der Waals surface area contributed by atoms with Crippen molar-refractivity contribution in [2.75, 3.05) is 98.9 Å². The molecule has 0 aromatic heterocycles. The third-order valence-corrected chi connectivity index (χ3v) is 8.33. The third kappa shape index (κ3) is 25.8. The number of aliphatic hydroxyl groups is 1. The van der Waals surface area contributed by atoms with Crippen molar-refractivity contribution in [1.82, 2.24) is 21.3 Å². The molecule has 1 saturated carbocycles. The molecule has 298 valence electrons. The maximum absolute atomic E-state index is 13.7. The lowest BCUT2D eigenvalue weighted by molar-refractivity contribution is -0.131. The Morgan fingerprint density at radius 2 is 0.887 bits per heavy atom. The van der Waals surface area contributed by atoms with E-state index in [2.05, 4.69) is 39.0 Å². The van der Waals surface area contributed by atoms with E-state index in [1.165, 1.54) is 0 Å². The van der Waals surface area contributed by atoms with Gasteiger partial charge >= 0.3 is 0 Å². The highest BCUT2D eigenvalue weighted by Crippen LogP contribution is 2.30. The highest BCUT2D eigenvalue weighted by Gasteiger charge is 2.36. The second kappa shape index (κ2) is 31.8. The van der Waals surface area contributed by atoms with Crippen LogP contribution in [0.5, 0.6) is 0 Å². The highest BCUT2D eigenvalue weighted by molar-refractivity contribution is 5.81. The standard InChI is InChI=1S/C38H60N4O11/c1-4-20-48-26-29-51-23-17-39-34(44)11-14-38(42-37(47)32-7-9-33(43)10-8-32,15-12-35(45)40-18-24-52-30-27-49-21-5-2)16-13-36(46)41-19-25-53-31-28-50-22-6-3/h1-3,32-33,43H,7-31H2,(H,39,44)(H,40,45)(H,41,46)(H,42,47)/t32-,33+. The number of hydrogen-bond acceptors (Lipinski definition) is 11. The normalized spacial score (nSPS) is 15.4. The van der Waals surface area contributed by atoms with Crippen LogP contribution in [0.4, 0.5) is 0 Å². The first-order valence-corrected chi connectivity index (χ1v) is 18.3. The number of nitrogens with one attached hydrogen (secondary N) is 4. The molecule has 0 bridgehead atoms. The van der Waals surface area contributed by atoms with Crippen molar-refractivity contribution < 1.29 is 52.7 Å². The van der Waals surface area contributed by atoms with E-state index in [-0.39, 0.29) is 127 Å². The predicted octanol–water partition coefficient (Wildman–Crippen LogP) is 0.0809. The number of carbonyl (C=O) groups excluding carboxylic acids is 4. The van der Waals surface area contributed by atoms with Crippen molar-refractivity contribution in [3.05, 3.63) is 0 Å². The summed E-state index contributed by atoms with van der Waals surface area (Å²) in [4.78, 5) is 52.5. The van der Waals surface area contributed by atoms with Gasteiger partial charge in [0.15, 0.2) is 0 Å². The fraction of sp³-hybridized carbons (Fsp3) is 0.737. The zero-order valence-electron chi connectivity index (χ0n) is 31.1. The van der Waals surface area contributed by atoms with E-state index in [1.807, 2.05) is 0 Å². The van der Waals surface area contributed by atoms with E-state index >= 15 is 0 Å². The summed E-state index contributed by atoms with van der Waals surface area (Å²) in [7, 11) is 0. The summed E-state index contributed by atoms with van der Waals surface area (Å²) < 4.78 is 31.8. The van der Waals surface area contributed by atoms with Gasteiger partial charge in [0.1, 0.15) is 19.8 Å². The average Bonchev–Trinajstić information content (AvgIpc) is 3.15. The second-order valence-electron chi connectivity index (χ2n) is 12.4. The topological polar surface area (TPSA) is 192 Å². The molecule has 5 N–H and O–H groups in total. The molecule has 1 rings (SSSR count). The summed E-state index contributed by atoms with van der Waals surface area (Å²) in [5.74, 6) is 5.76. The molecule has 0 aromatic carbocycles. The van der Waals surface area contributed by atoms with Gasteiger partial charge in [-0.05, 0) is 44.9 Å². The average molecular weight is 749 g/mol. The fourth-order valence-corrected chi connectivity index (χ4v) is 5.43. The van der Waals surface area contributed by atoms with Gasteiger partial charge in [-0.25, -0.2) is 0 Å². The summed E-state index contributed by atoms with van der Waals surface area (Å²) >= 11 is 0. The molecule has 1 aliphatic carbocycles. The van der Waals surface area contributed by atoms with Gasteiger partial charge in [0.05, 0.1) is 65.6 Å². The van der Waals surface area contributed by atoms with Gasteiger partial charge in [0.25, 0.3) is 0 Å².